The minimum atomic E-state index is 0.487. The van der Waals surface area contributed by atoms with Crippen molar-refractivity contribution in [1.29, 1.82) is 0 Å². The number of aromatic amines is 1. The first-order valence-corrected chi connectivity index (χ1v) is 9.15. The summed E-state index contributed by atoms with van der Waals surface area (Å²) in [5, 5.41) is 0.487. The molecule has 1 atom stereocenters. The Hall–Kier alpha value is 0.480. The van der Waals surface area contributed by atoms with Crippen molar-refractivity contribution in [2.24, 2.45) is 0 Å². The molecule has 0 bridgehead atoms. The second-order valence-electron chi connectivity index (χ2n) is 4.36. The third-order valence-electron chi connectivity index (χ3n) is 3.02. The van der Waals surface area contributed by atoms with Gasteiger partial charge in [-0.3, -0.25) is 0 Å². The predicted octanol–water partition coefficient (Wildman–Crippen LogP) is 4.30. The van der Waals surface area contributed by atoms with E-state index in [0.717, 1.165) is 20.7 Å². The SMILES string of the molecule is S=c1nc(C2CSCCS2)[nH]c(C2CC2)c1Br. The van der Waals surface area contributed by atoms with Crippen molar-refractivity contribution in [3.63, 3.8) is 0 Å². The fraction of sp³-hybridized carbons (Fsp3) is 0.636. The van der Waals surface area contributed by atoms with Crippen LogP contribution in [0.3, 0.4) is 0 Å². The highest BCUT2D eigenvalue weighted by molar-refractivity contribution is 9.10. The summed E-state index contributed by atoms with van der Waals surface area (Å²) < 4.78 is 1.73. The van der Waals surface area contributed by atoms with Crippen molar-refractivity contribution in [3.8, 4) is 0 Å². The van der Waals surface area contributed by atoms with Crippen LogP contribution in [0.1, 0.15) is 35.5 Å². The van der Waals surface area contributed by atoms with Crippen LogP contribution in [-0.4, -0.2) is 27.2 Å². The second-order valence-corrected chi connectivity index (χ2v) is 8.00. The van der Waals surface area contributed by atoms with E-state index in [9.17, 15) is 0 Å². The predicted molar refractivity (Wildman–Crippen MR) is 81.6 cm³/mol. The number of halogens is 1. The molecule has 0 amide bonds. The lowest BCUT2D eigenvalue weighted by Crippen LogP contribution is -2.11. The van der Waals surface area contributed by atoms with Gasteiger partial charge in [0.05, 0.1) is 9.72 Å². The molecule has 1 N–H and O–H groups in total. The monoisotopic (exact) mass is 348 g/mol. The van der Waals surface area contributed by atoms with Crippen molar-refractivity contribution in [1.82, 2.24) is 9.97 Å². The largest absolute Gasteiger partial charge is 0.345 e. The van der Waals surface area contributed by atoms with Crippen molar-refractivity contribution in [2.75, 3.05) is 17.3 Å². The molecule has 2 nitrogen and oxygen atoms in total. The first-order valence-electron chi connectivity index (χ1n) is 5.74. The van der Waals surface area contributed by atoms with Crippen molar-refractivity contribution >= 4 is 51.7 Å². The van der Waals surface area contributed by atoms with Gasteiger partial charge in [-0.15, -0.1) is 11.8 Å². The second kappa shape index (κ2) is 5.23. The molecule has 1 saturated heterocycles. The standard InChI is InChI=1S/C11H13BrN2S3/c12-8-9(6-1-2-6)13-10(14-11(8)15)7-5-16-3-4-17-7/h6-7H,1-5H2,(H,13,14,15). The maximum absolute atomic E-state index is 5.35. The molecule has 0 aromatic carbocycles. The van der Waals surface area contributed by atoms with E-state index < -0.39 is 0 Å². The summed E-state index contributed by atoms with van der Waals surface area (Å²) in [6.45, 7) is 0. The van der Waals surface area contributed by atoms with Crippen LogP contribution in [0.4, 0.5) is 0 Å². The first-order chi connectivity index (χ1) is 8.25. The highest BCUT2D eigenvalue weighted by Crippen LogP contribution is 2.43. The number of nitrogens with one attached hydrogen (secondary N) is 1. The van der Waals surface area contributed by atoms with Gasteiger partial charge in [0.1, 0.15) is 10.5 Å². The number of H-pyrrole nitrogens is 1. The van der Waals surface area contributed by atoms with Gasteiger partial charge in [-0.25, -0.2) is 4.98 Å². The van der Waals surface area contributed by atoms with E-state index in [0.29, 0.717) is 11.2 Å². The molecule has 2 fully saturated rings. The van der Waals surface area contributed by atoms with Crippen LogP contribution in [-0.2, 0) is 0 Å². The quantitative estimate of drug-likeness (QED) is 0.806. The number of nitrogens with zero attached hydrogens (tertiary/aromatic N) is 1. The molecule has 0 radical (unpaired) electrons. The molecule has 1 aliphatic heterocycles. The summed E-state index contributed by atoms with van der Waals surface area (Å²) >= 11 is 12.9. The summed E-state index contributed by atoms with van der Waals surface area (Å²) in [7, 11) is 0. The average Bonchev–Trinajstić information content (AvgIpc) is 3.18. The average molecular weight is 349 g/mol. The fourth-order valence-electron chi connectivity index (χ4n) is 1.95. The molecule has 1 aromatic rings. The minimum Gasteiger partial charge on any atom is -0.345 e. The van der Waals surface area contributed by atoms with E-state index >= 15 is 0 Å². The van der Waals surface area contributed by atoms with Gasteiger partial charge in [0.15, 0.2) is 0 Å². The number of rotatable bonds is 2. The Kier molecular flexibility index (Phi) is 3.85. The van der Waals surface area contributed by atoms with Gasteiger partial charge < -0.3 is 4.98 Å². The molecule has 6 heteroatoms. The van der Waals surface area contributed by atoms with Crippen LogP contribution in [0.15, 0.2) is 4.47 Å². The van der Waals surface area contributed by atoms with Crippen LogP contribution in [0.2, 0.25) is 0 Å². The summed E-state index contributed by atoms with van der Waals surface area (Å²) in [5.41, 5.74) is 1.27. The van der Waals surface area contributed by atoms with Crippen molar-refractivity contribution in [2.45, 2.75) is 24.0 Å². The van der Waals surface area contributed by atoms with E-state index in [1.165, 1.54) is 30.0 Å². The molecular weight excluding hydrogens is 336 g/mol. The fourth-order valence-corrected chi connectivity index (χ4v) is 5.29. The molecule has 0 spiro atoms. The zero-order valence-corrected chi connectivity index (χ0v) is 13.3. The molecule has 2 aliphatic rings. The van der Waals surface area contributed by atoms with Crippen LogP contribution >= 0.6 is 51.7 Å². The molecule has 17 heavy (non-hydrogen) atoms. The van der Waals surface area contributed by atoms with E-state index in [1.807, 2.05) is 23.5 Å². The Morgan fingerprint density at radius 2 is 2.18 bits per heavy atom. The van der Waals surface area contributed by atoms with Gasteiger partial charge in [-0.05, 0) is 28.8 Å². The van der Waals surface area contributed by atoms with Crippen molar-refractivity contribution in [3.05, 3.63) is 20.6 Å². The smallest absolute Gasteiger partial charge is 0.144 e. The van der Waals surface area contributed by atoms with Gasteiger partial charge in [0.25, 0.3) is 0 Å². The lowest BCUT2D eigenvalue weighted by molar-refractivity contribution is 0.858. The topological polar surface area (TPSA) is 28.7 Å². The maximum atomic E-state index is 5.35. The maximum Gasteiger partial charge on any atom is 0.144 e. The molecule has 92 valence electrons. The van der Waals surface area contributed by atoms with E-state index in [1.54, 1.807) is 0 Å². The number of thioether (sulfide) groups is 2. The highest BCUT2D eigenvalue weighted by atomic mass is 79.9. The molecule has 1 aromatic heterocycles. The van der Waals surface area contributed by atoms with Crippen LogP contribution in [0.5, 0.6) is 0 Å². The van der Waals surface area contributed by atoms with Gasteiger partial charge in [0.2, 0.25) is 0 Å². The first kappa shape index (κ1) is 12.5. The Morgan fingerprint density at radius 1 is 1.35 bits per heavy atom. The molecular formula is C11H13BrN2S3. The van der Waals surface area contributed by atoms with Crippen LogP contribution in [0.25, 0.3) is 0 Å². The van der Waals surface area contributed by atoms with Crippen LogP contribution < -0.4 is 0 Å². The molecule has 3 rings (SSSR count). The van der Waals surface area contributed by atoms with Gasteiger partial charge >= 0.3 is 0 Å². The molecule has 2 heterocycles. The Balaban J connectivity index is 1.96. The van der Waals surface area contributed by atoms with Gasteiger partial charge in [-0.2, -0.15) is 11.8 Å². The third kappa shape index (κ3) is 2.74. The van der Waals surface area contributed by atoms with Gasteiger partial charge in [0, 0.05) is 28.9 Å². The van der Waals surface area contributed by atoms with E-state index in [-0.39, 0.29) is 0 Å². The summed E-state index contributed by atoms with van der Waals surface area (Å²) in [6.07, 6.45) is 2.56. The molecule has 1 unspecified atom stereocenters. The van der Waals surface area contributed by atoms with E-state index in [4.69, 9.17) is 12.2 Å². The Morgan fingerprint density at radius 3 is 2.82 bits per heavy atom. The third-order valence-corrected chi connectivity index (χ3v) is 7.14. The van der Waals surface area contributed by atoms with Crippen molar-refractivity contribution < 1.29 is 0 Å². The zero-order valence-electron chi connectivity index (χ0n) is 9.24. The lowest BCUT2D eigenvalue weighted by Gasteiger charge is -2.21. The zero-order chi connectivity index (χ0) is 11.8. The van der Waals surface area contributed by atoms with Crippen LogP contribution in [0, 0.1) is 4.64 Å². The summed E-state index contributed by atoms with van der Waals surface area (Å²) in [5.74, 6) is 5.38. The number of hydrogen-bond acceptors (Lipinski definition) is 4. The Bertz CT molecular complexity index is 478. The Labute approximate surface area is 123 Å². The lowest BCUT2D eigenvalue weighted by atomic mass is 10.3. The van der Waals surface area contributed by atoms with E-state index in [2.05, 4.69) is 25.9 Å². The molecule has 1 saturated carbocycles. The summed E-state index contributed by atoms with van der Waals surface area (Å²) in [4.78, 5) is 8.07. The summed E-state index contributed by atoms with van der Waals surface area (Å²) in [6, 6.07) is 0. The normalized spacial score (nSPS) is 24.9. The van der Waals surface area contributed by atoms with Gasteiger partial charge in [-0.1, -0.05) is 12.2 Å². The molecule has 1 aliphatic carbocycles. The number of hydrogen-bond donors (Lipinski definition) is 1. The minimum absolute atomic E-state index is 0.487. The highest BCUT2D eigenvalue weighted by Gasteiger charge is 2.29. The number of aromatic nitrogens is 2.